The first-order valence-electron chi connectivity index (χ1n) is 9.72. The van der Waals surface area contributed by atoms with Crippen molar-refractivity contribution in [3.63, 3.8) is 0 Å². The number of aryl methyl sites for hydroxylation is 1. The largest absolute Gasteiger partial charge is 0.348 e. The Kier molecular flexibility index (Phi) is 5.02. The fourth-order valence-electron chi connectivity index (χ4n) is 4.77. The first-order chi connectivity index (χ1) is 13.4. The van der Waals surface area contributed by atoms with Crippen LogP contribution in [0.3, 0.4) is 0 Å². The predicted octanol–water partition coefficient (Wildman–Crippen LogP) is 2.72. The molecule has 4 rings (SSSR count). The van der Waals surface area contributed by atoms with Crippen molar-refractivity contribution in [1.29, 1.82) is 0 Å². The Bertz CT molecular complexity index is 879. The fourth-order valence-corrected chi connectivity index (χ4v) is 5.66. The Hall–Kier alpha value is -2.18. The Balaban J connectivity index is 1.56. The summed E-state index contributed by atoms with van der Waals surface area (Å²) in [5, 5.41) is 1.96. The number of hydrogen-bond acceptors (Lipinski definition) is 4. The summed E-state index contributed by atoms with van der Waals surface area (Å²) in [6, 6.07) is 12.4. The quantitative estimate of drug-likeness (QED) is 0.797. The molecule has 2 aliphatic heterocycles. The predicted molar refractivity (Wildman–Crippen MR) is 111 cm³/mol. The van der Waals surface area contributed by atoms with E-state index in [0.29, 0.717) is 19.6 Å². The highest BCUT2D eigenvalue weighted by molar-refractivity contribution is 7.12. The molecule has 0 radical (unpaired) electrons. The first kappa shape index (κ1) is 19.2. The van der Waals surface area contributed by atoms with Crippen LogP contribution in [0.2, 0.25) is 0 Å². The molecule has 5 nitrogen and oxygen atoms in total. The van der Waals surface area contributed by atoms with E-state index in [0.717, 1.165) is 23.5 Å². The molecular formula is C22H27N3O2S. The van der Waals surface area contributed by atoms with Gasteiger partial charge in [0.15, 0.2) is 0 Å². The summed E-state index contributed by atoms with van der Waals surface area (Å²) in [6.07, 6.45) is 0. The number of thiophene rings is 1. The van der Waals surface area contributed by atoms with Crippen LogP contribution < -0.4 is 0 Å². The zero-order chi connectivity index (χ0) is 19.9. The Labute approximate surface area is 170 Å². The van der Waals surface area contributed by atoms with Crippen LogP contribution in [0.4, 0.5) is 0 Å². The van der Waals surface area contributed by atoms with E-state index >= 15 is 0 Å². The molecule has 148 valence electrons. The maximum atomic E-state index is 13.2. The van der Waals surface area contributed by atoms with Crippen molar-refractivity contribution in [2.45, 2.75) is 13.5 Å². The summed E-state index contributed by atoms with van der Waals surface area (Å²) in [5.41, 5.74) is 1.78. The lowest BCUT2D eigenvalue weighted by atomic mass is 9.80. The molecule has 2 aliphatic rings. The molecule has 2 atom stereocenters. The lowest BCUT2D eigenvalue weighted by Crippen LogP contribution is -2.47. The van der Waals surface area contributed by atoms with E-state index in [1.807, 2.05) is 43.4 Å². The van der Waals surface area contributed by atoms with E-state index in [2.05, 4.69) is 29.2 Å². The summed E-state index contributed by atoms with van der Waals surface area (Å²) in [4.78, 5) is 33.1. The van der Waals surface area contributed by atoms with E-state index in [1.165, 1.54) is 16.9 Å². The molecule has 2 aromatic rings. The topological polar surface area (TPSA) is 43.9 Å². The molecule has 0 spiro atoms. The number of likely N-dealkylation sites (tertiary alicyclic amines) is 2. The van der Waals surface area contributed by atoms with Gasteiger partial charge in [0, 0.05) is 52.7 Å². The van der Waals surface area contributed by atoms with Crippen LogP contribution in [0.5, 0.6) is 0 Å². The van der Waals surface area contributed by atoms with E-state index in [4.69, 9.17) is 0 Å². The lowest BCUT2D eigenvalue weighted by molar-refractivity contribution is -0.139. The van der Waals surface area contributed by atoms with Crippen molar-refractivity contribution in [3.8, 4) is 0 Å². The van der Waals surface area contributed by atoms with Gasteiger partial charge in [-0.2, -0.15) is 0 Å². The van der Waals surface area contributed by atoms with Crippen LogP contribution in [0.1, 0.15) is 20.8 Å². The summed E-state index contributed by atoms with van der Waals surface area (Å²) in [6.45, 7) is 5.54. The van der Waals surface area contributed by atoms with Gasteiger partial charge >= 0.3 is 0 Å². The van der Waals surface area contributed by atoms with E-state index in [-0.39, 0.29) is 17.7 Å². The number of hydrogen-bond donors (Lipinski definition) is 0. The minimum atomic E-state index is -0.501. The molecule has 0 unspecified atom stereocenters. The molecule has 0 bridgehead atoms. The van der Waals surface area contributed by atoms with Crippen LogP contribution in [0.25, 0.3) is 0 Å². The first-order valence-corrected chi connectivity index (χ1v) is 10.6. The van der Waals surface area contributed by atoms with Gasteiger partial charge in [-0.05, 0) is 29.5 Å². The third kappa shape index (κ3) is 3.25. The average Bonchev–Trinajstić information content (AvgIpc) is 3.34. The zero-order valence-corrected chi connectivity index (χ0v) is 17.5. The average molecular weight is 398 g/mol. The van der Waals surface area contributed by atoms with Crippen LogP contribution in [0, 0.1) is 18.3 Å². The number of fused-ring (bicyclic) bond motifs is 1. The second kappa shape index (κ2) is 7.33. The van der Waals surface area contributed by atoms with Gasteiger partial charge in [-0.1, -0.05) is 30.3 Å². The zero-order valence-electron chi connectivity index (χ0n) is 16.7. The molecule has 0 aliphatic carbocycles. The molecular weight excluding hydrogens is 370 g/mol. The second-order valence-electron chi connectivity index (χ2n) is 8.33. The van der Waals surface area contributed by atoms with E-state index < -0.39 is 5.41 Å². The Morgan fingerprint density at radius 3 is 2.54 bits per heavy atom. The molecule has 1 aromatic carbocycles. The molecule has 28 heavy (non-hydrogen) atoms. The van der Waals surface area contributed by atoms with Crippen LogP contribution >= 0.6 is 11.3 Å². The number of carbonyl (C=O) groups excluding carboxylic acids is 2. The summed E-state index contributed by atoms with van der Waals surface area (Å²) in [7, 11) is 3.64. The molecule has 2 saturated heterocycles. The maximum Gasteiger partial charge on any atom is 0.264 e. The minimum absolute atomic E-state index is 0.0717. The van der Waals surface area contributed by atoms with Crippen LogP contribution in [-0.2, 0) is 11.3 Å². The van der Waals surface area contributed by atoms with Gasteiger partial charge in [-0.25, -0.2) is 0 Å². The molecule has 0 N–H and O–H groups in total. The lowest BCUT2D eigenvalue weighted by Gasteiger charge is -2.31. The van der Waals surface area contributed by atoms with Crippen molar-refractivity contribution in [2.75, 3.05) is 40.3 Å². The maximum absolute atomic E-state index is 13.2. The van der Waals surface area contributed by atoms with Gasteiger partial charge in [-0.3, -0.25) is 14.5 Å². The standard InChI is InChI=1S/C22H27N3O2S/c1-16-9-10-28-19(16)20(26)25-13-18-12-24(11-17-7-5-4-6-8-17)14-22(18,15-25)21(27)23(2)3/h4-10,18H,11-15H2,1-3H3/t18-,22-/m0/s1. The molecule has 2 fully saturated rings. The summed E-state index contributed by atoms with van der Waals surface area (Å²) >= 11 is 1.49. The van der Waals surface area contributed by atoms with Crippen molar-refractivity contribution < 1.29 is 9.59 Å². The fraction of sp³-hybridized carbons (Fsp3) is 0.455. The van der Waals surface area contributed by atoms with Crippen molar-refractivity contribution in [1.82, 2.24) is 14.7 Å². The van der Waals surface area contributed by atoms with Gasteiger partial charge in [0.1, 0.15) is 0 Å². The van der Waals surface area contributed by atoms with Crippen molar-refractivity contribution in [3.05, 3.63) is 57.8 Å². The molecule has 6 heteroatoms. The smallest absolute Gasteiger partial charge is 0.264 e. The van der Waals surface area contributed by atoms with Gasteiger partial charge in [0.25, 0.3) is 5.91 Å². The normalized spacial score (nSPS) is 24.4. The molecule has 3 heterocycles. The Morgan fingerprint density at radius 2 is 1.89 bits per heavy atom. The number of amides is 2. The van der Waals surface area contributed by atoms with Crippen molar-refractivity contribution >= 4 is 23.2 Å². The summed E-state index contributed by atoms with van der Waals surface area (Å²) < 4.78 is 0. The Morgan fingerprint density at radius 1 is 1.14 bits per heavy atom. The SMILES string of the molecule is Cc1ccsc1C(=O)N1C[C@@H]2CN(Cc3ccccc3)C[C@]2(C(=O)N(C)C)C1. The van der Waals surface area contributed by atoms with Gasteiger partial charge < -0.3 is 9.80 Å². The third-order valence-corrected chi connectivity index (χ3v) is 7.11. The van der Waals surface area contributed by atoms with Crippen LogP contribution in [-0.4, -0.2) is 66.8 Å². The van der Waals surface area contributed by atoms with Crippen molar-refractivity contribution in [2.24, 2.45) is 11.3 Å². The summed E-state index contributed by atoms with van der Waals surface area (Å²) in [5.74, 6) is 0.393. The van der Waals surface area contributed by atoms with Crippen LogP contribution in [0.15, 0.2) is 41.8 Å². The molecule has 2 amide bonds. The van der Waals surface area contributed by atoms with E-state index in [1.54, 1.807) is 4.90 Å². The van der Waals surface area contributed by atoms with Gasteiger partial charge in [0.2, 0.25) is 5.91 Å². The number of nitrogens with zero attached hydrogens (tertiary/aromatic N) is 3. The number of benzene rings is 1. The minimum Gasteiger partial charge on any atom is -0.348 e. The molecule has 1 aromatic heterocycles. The third-order valence-electron chi connectivity index (χ3n) is 6.10. The molecule has 0 saturated carbocycles. The highest BCUT2D eigenvalue weighted by Crippen LogP contribution is 2.44. The number of rotatable bonds is 4. The number of carbonyl (C=O) groups is 2. The van der Waals surface area contributed by atoms with Gasteiger partial charge in [0.05, 0.1) is 10.3 Å². The van der Waals surface area contributed by atoms with Gasteiger partial charge in [-0.15, -0.1) is 11.3 Å². The highest BCUT2D eigenvalue weighted by Gasteiger charge is 2.58. The monoisotopic (exact) mass is 397 g/mol. The van der Waals surface area contributed by atoms with E-state index in [9.17, 15) is 9.59 Å². The highest BCUT2D eigenvalue weighted by atomic mass is 32.1. The second-order valence-corrected chi connectivity index (χ2v) is 9.24.